The summed E-state index contributed by atoms with van der Waals surface area (Å²) in [6, 6.07) is 11.1. The lowest BCUT2D eigenvalue weighted by Crippen LogP contribution is -2.17. The molecular formula is C17H18N2O2. The number of hydrogen-bond donors (Lipinski definition) is 1. The van der Waals surface area contributed by atoms with Gasteiger partial charge >= 0.3 is 0 Å². The largest absolute Gasteiger partial charge is 0.481 e. The van der Waals surface area contributed by atoms with Crippen LogP contribution in [0.25, 0.3) is 0 Å². The quantitative estimate of drug-likeness (QED) is 0.828. The molecule has 0 fully saturated rings. The Kier molecular flexibility index (Phi) is 5.05. The molecule has 1 heterocycles. The van der Waals surface area contributed by atoms with Crippen LogP contribution >= 0.6 is 0 Å². The number of nitrogens with zero attached hydrogens (tertiary/aromatic N) is 1. The summed E-state index contributed by atoms with van der Waals surface area (Å²) in [7, 11) is 0. The summed E-state index contributed by atoms with van der Waals surface area (Å²) < 4.78 is 7.16. The van der Waals surface area contributed by atoms with Crippen molar-refractivity contribution in [3.8, 4) is 18.1 Å². The van der Waals surface area contributed by atoms with Gasteiger partial charge in [-0.1, -0.05) is 24.1 Å². The van der Waals surface area contributed by atoms with E-state index in [1.165, 1.54) is 0 Å². The van der Waals surface area contributed by atoms with Gasteiger partial charge in [0.25, 0.3) is 5.56 Å². The monoisotopic (exact) mass is 282 g/mol. The molecule has 0 aliphatic rings. The summed E-state index contributed by atoms with van der Waals surface area (Å²) in [5.74, 6) is 3.23. The molecule has 0 bridgehead atoms. The van der Waals surface area contributed by atoms with Crippen molar-refractivity contribution in [1.29, 1.82) is 0 Å². The maximum atomic E-state index is 11.5. The van der Waals surface area contributed by atoms with Crippen molar-refractivity contribution < 1.29 is 4.74 Å². The summed E-state index contributed by atoms with van der Waals surface area (Å²) in [6.07, 6.45) is 7.03. The van der Waals surface area contributed by atoms with Crippen molar-refractivity contribution in [1.82, 2.24) is 4.57 Å². The van der Waals surface area contributed by atoms with Gasteiger partial charge in [0.15, 0.2) is 0 Å². The lowest BCUT2D eigenvalue weighted by molar-refractivity contribution is 0.366. The van der Waals surface area contributed by atoms with Crippen molar-refractivity contribution in [2.24, 2.45) is 0 Å². The molecule has 0 saturated carbocycles. The van der Waals surface area contributed by atoms with E-state index in [9.17, 15) is 4.79 Å². The summed E-state index contributed by atoms with van der Waals surface area (Å²) in [5, 5.41) is 3.29. The Morgan fingerprint density at radius 3 is 2.86 bits per heavy atom. The summed E-state index contributed by atoms with van der Waals surface area (Å²) >= 11 is 0. The molecule has 2 rings (SSSR count). The van der Waals surface area contributed by atoms with Gasteiger partial charge in [0.1, 0.15) is 12.4 Å². The number of aryl methyl sites for hydroxylation is 1. The molecule has 0 saturated heterocycles. The van der Waals surface area contributed by atoms with Crippen LogP contribution in [0.5, 0.6) is 5.75 Å². The molecule has 21 heavy (non-hydrogen) atoms. The Balaban J connectivity index is 2.09. The minimum Gasteiger partial charge on any atom is -0.481 e. The van der Waals surface area contributed by atoms with E-state index in [2.05, 4.69) is 11.2 Å². The first-order chi connectivity index (χ1) is 10.2. The molecule has 1 aromatic carbocycles. The van der Waals surface area contributed by atoms with Gasteiger partial charge < -0.3 is 14.6 Å². The van der Waals surface area contributed by atoms with Gasteiger partial charge in [0.2, 0.25) is 0 Å². The molecule has 108 valence electrons. The maximum Gasteiger partial charge on any atom is 0.250 e. The van der Waals surface area contributed by atoms with Gasteiger partial charge in [-0.3, -0.25) is 4.79 Å². The first-order valence-corrected chi connectivity index (χ1v) is 6.83. The standard InChI is InChI=1S/C17H18N2O2/c1-3-11-21-16-8-6-5-7-14(16)12-18-15-9-10-17(20)19(4-2)13-15/h1,5-10,13,18H,4,11-12H2,2H3. The van der Waals surface area contributed by atoms with Crippen LogP contribution in [0, 0.1) is 12.3 Å². The molecule has 0 aliphatic heterocycles. The topological polar surface area (TPSA) is 43.3 Å². The number of para-hydroxylation sites is 1. The third kappa shape index (κ3) is 3.90. The van der Waals surface area contributed by atoms with Crippen LogP contribution in [-0.2, 0) is 13.1 Å². The first kappa shape index (κ1) is 14.7. The van der Waals surface area contributed by atoms with Crippen LogP contribution in [0.3, 0.4) is 0 Å². The zero-order valence-electron chi connectivity index (χ0n) is 12.0. The predicted octanol–water partition coefficient (Wildman–Crippen LogP) is 2.49. The molecule has 0 radical (unpaired) electrons. The second kappa shape index (κ2) is 7.20. The molecule has 4 nitrogen and oxygen atoms in total. The van der Waals surface area contributed by atoms with Crippen LogP contribution in [0.15, 0.2) is 47.4 Å². The fraction of sp³-hybridized carbons (Fsp3) is 0.235. The van der Waals surface area contributed by atoms with Crippen molar-refractivity contribution in [2.45, 2.75) is 20.0 Å². The van der Waals surface area contributed by atoms with Crippen LogP contribution in [0.1, 0.15) is 12.5 Å². The minimum absolute atomic E-state index is 0.000744. The Labute approximate surface area is 124 Å². The Hall–Kier alpha value is -2.67. The Morgan fingerprint density at radius 1 is 1.29 bits per heavy atom. The minimum atomic E-state index is 0.000744. The molecule has 1 aromatic heterocycles. The second-order valence-electron chi connectivity index (χ2n) is 4.50. The van der Waals surface area contributed by atoms with Crippen molar-refractivity contribution in [2.75, 3.05) is 11.9 Å². The smallest absolute Gasteiger partial charge is 0.250 e. The third-order valence-corrected chi connectivity index (χ3v) is 3.09. The summed E-state index contributed by atoms with van der Waals surface area (Å²) in [5.41, 5.74) is 1.91. The molecule has 0 amide bonds. The fourth-order valence-corrected chi connectivity index (χ4v) is 1.99. The van der Waals surface area contributed by atoms with Crippen molar-refractivity contribution >= 4 is 5.69 Å². The highest BCUT2D eigenvalue weighted by molar-refractivity contribution is 5.43. The number of benzene rings is 1. The van der Waals surface area contributed by atoms with Crippen molar-refractivity contribution in [3.63, 3.8) is 0 Å². The summed E-state index contributed by atoms with van der Waals surface area (Å²) in [4.78, 5) is 11.5. The zero-order chi connectivity index (χ0) is 15.1. The van der Waals surface area contributed by atoms with Gasteiger partial charge in [-0.15, -0.1) is 6.42 Å². The third-order valence-electron chi connectivity index (χ3n) is 3.09. The summed E-state index contributed by atoms with van der Waals surface area (Å²) in [6.45, 7) is 3.44. The van der Waals surface area contributed by atoms with E-state index in [0.717, 1.165) is 17.0 Å². The van der Waals surface area contributed by atoms with Crippen LogP contribution in [0.2, 0.25) is 0 Å². The second-order valence-corrected chi connectivity index (χ2v) is 4.50. The van der Waals surface area contributed by atoms with Crippen molar-refractivity contribution in [3.05, 3.63) is 58.5 Å². The van der Waals surface area contributed by atoms with Crippen LogP contribution in [0.4, 0.5) is 5.69 Å². The number of rotatable bonds is 6. The Morgan fingerprint density at radius 2 is 2.10 bits per heavy atom. The van der Waals surface area contributed by atoms with E-state index in [4.69, 9.17) is 11.2 Å². The number of nitrogens with one attached hydrogen (secondary N) is 1. The van der Waals surface area contributed by atoms with Gasteiger partial charge in [-0.05, 0) is 19.1 Å². The van der Waals surface area contributed by atoms with Gasteiger partial charge in [0, 0.05) is 30.9 Å². The first-order valence-electron chi connectivity index (χ1n) is 6.83. The molecule has 0 atom stereocenters. The number of terminal acetylenes is 1. The number of anilines is 1. The van der Waals surface area contributed by atoms with Gasteiger partial charge in [-0.2, -0.15) is 0 Å². The van der Waals surface area contributed by atoms with Crippen LogP contribution < -0.4 is 15.6 Å². The molecule has 4 heteroatoms. The molecular weight excluding hydrogens is 264 g/mol. The highest BCUT2D eigenvalue weighted by Gasteiger charge is 2.03. The Bertz CT molecular complexity index is 698. The van der Waals surface area contributed by atoms with E-state index in [1.807, 2.05) is 37.4 Å². The van der Waals surface area contributed by atoms with E-state index in [1.54, 1.807) is 16.7 Å². The SMILES string of the molecule is C#CCOc1ccccc1CNc1ccc(=O)n(CC)c1. The number of aromatic nitrogens is 1. The average Bonchev–Trinajstić information content (AvgIpc) is 2.53. The highest BCUT2D eigenvalue weighted by Crippen LogP contribution is 2.19. The van der Waals surface area contributed by atoms with E-state index in [-0.39, 0.29) is 12.2 Å². The lowest BCUT2D eigenvalue weighted by Gasteiger charge is -2.12. The molecule has 0 spiro atoms. The highest BCUT2D eigenvalue weighted by atomic mass is 16.5. The van der Waals surface area contributed by atoms with Gasteiger partial charge in [-0.25, -0.2) is 0 Å². The average molecular weight is 282 g/mol. The number of ether oxygens (including phenoxy) is 1. The number of pyridine rings is 1. The van der Waals surface area contributed by atoms with E-state index < -0.39 is 0 Å². The normalized spacial score (nSPS) is 9.90. The fourth-order valence-electron chi connectivity index (χ4n) is 1.99. The molecule has 1 N–H and O–H groups in total. The maximum absolute atomic E-state index is 11.5. The molecule has 2 aromatic rings. The van der Waals surface area contributed by atoms with E-state index >= 15 is 0 Å². The van der Waals surface area contributed by atoms with E-state index in [0.29, 0.717) is 13.1 Å². The molecule has 0 aliphatic carbocycles. The number of hydrogen-bond acceptors (Lipinski definition) is 3. The van der Waals surface area contributed by atoms with Crippen LogP contribution in [-0.4, -0.2) is 11.2 Å². The lowest BCUT2D eigenvalue weighted by atomic mass is 10.2. The predicted molar refractivity (Wildman–Crippen MR) is 84.5 cm³/mol. The molecule has 0 unspecified atom stereocenters. The van der Waals surface area contributed by atoms with Gasteiger partial charge in [0.05, 0.1) is 5.69 Å². The zero-order valence-corrected chi connectivity index (χ0v) is 12.0.